The maximum Gasteiger partial charge on any atom is 0.164 e. The van der Waals surface area contributed by atoms with Gasteiger partial charge in [-0.05, 0) is 5.56 Å². The van der Waals surface area contributed by atoms with Gasteiger partial charge in [0, 0.05) is 0 Å². The molecule has 0 fully saturated rings. The molecule has 1 aromatic heterocycles. The van der Waals surface area contributed by atoms with Crippen LogP contribution in [0.15, 0.2) is 43.0 Å². The van der Waals surface area contributed by atoms with Gasteiger partial charge in [0.05, 0.1) is 6.54 Å². The zero-order valence-corrected chi connectivity index (χ0v) is 8.52. The van der Waals surface area contributed by atoms with Gasteiger partial charge in [-0.25, -0.2) is 9.67 Å². The van der Waals surface area contributed by atoms with Crippen LogP contribution in [0.2, 0.25) is 0 Å². The molecule has 0 radical (unpaired) electrons. The van der Waals surface area contributed by atoms with E-state index >= 15 is 0 Å². The summed E-state index contributed by atoms with van der Waals surface area (Å²) >= 11 is 0. The molecule has 2 aromatic rings. The SMILES string of the molecule is O=CC(O)(Cn1cncn1)c1ccccc1. The molecule has 1 atom stereocenters. The second-order valence-electron chi connectivity index (χ2n) is 3.50. The lowest BCUT2D eigenvalue weighted by Gasteiger charge is -2.21. The number of benzene rings is 1. The predicted octanol–water partition coefficient (Wildman–Crippen LogP) is 0.365. The molecule has 0 amide bonds. The molecule has 0 saturated heterocycles. The minimum absolute atomic E-state index is 0.0561. The molecule has 0 bridgehead atoms. The third-order valence-corrected chi connectivity index (χ3v) is 2.34. The molecule has 0 aliphatic carbocycles. The molecular weight excluding hydrogens is 206 g/mol. The number of hydrogen-bond donors (Lipinski definition) is 1. The standard InChI is InChI=1S/C11H11N3O2/c15-7-11(16,6-14-9-12-8-13-14)10-4-2-1-3-5-10/h1-5,7-9,16H,6H2. The van der Waals surface area contributed by atoms with Gasteiger partial charge in [-0.2, -0.15) is 5.10 Å². The second-order valence-corrected chi connectivity index (χ2v) is 3.50. The van der Waals surface area contributed by atoms with Crippen molar-refractivity contribution in [3.8, 4) is 0 Å². The average molecular weight is 217 g/mol. The van der Waals surface area contributed by atoms with Crippen molar-refractivity contribution in [1.82, 2.24) is 14.8 Å². The van der Waals surface area contributed by atoms with Crippen LogP contribution in [0.1, 0.15) is 5.56 Å². The minimum Gasteiger partial charge on any atom is -0.376 e. The maximum atomic E-state index is 11.0. The van der Waals surface area contributed by atoms with Crippen molar-refractivity contribution in [2.45, 2.75) is 12.1 Å². The Morgan fingerprint density at radius 2 is 2.12 bits per heavy atom. The highest BCUT2D eigenvalue weighted by molar-refractivity contribution is 5.65. The van der Waals surface area contributed by atoms with Gasteiger partial charge in [-0.1, -0.05) is 30.3 Å². The minimum atomic E-state index is -1.56. The normalized spacial score (nSPS) is 14.3. The third-order valence-electron chi connectivity index (χ3n) is 2.34. The zero-order chi connectivity index (χ0) is 11.4. The van der Waals surface area contributed by atoms with Crippen LogP contribution >= 0.6 is 0 Å². The Labute approximate surface area is 92.4 Å². The molecule has 0 aliphatic rings. The van der Waals surface area contributed by atoms with Gasteiger partial charge in [0.15, 0.2) is 11.9 Å². The van der Waals surface area contributed by atoms with E-state index in [9.17, 15) is 9.90 Å². The summed E-state index contributed by atoms with van der Waals surface area (Å²) in [7, 11) is 0. The molecule has 2 rings (SSSR count). The Bertz CT molecular complexity index is 455. The number of nitrogens with zero attached hydrogens (tertiary/aromatic N) is 3. The van der Waals surface area contributed by atoms with Crippen LogP contribution in [0.5, 0.6) is 0 Å². The van der Waals surface area contributed by atoms with Crippen LogP contribution in [-0.2, 0) is 16.9 Å². The number of carbonyl (C=O) groups excluding carboxylic acids is 1. The van der Waals surface area contributed by atoms with Crippen LogP contribution in [-0.4, -0.2) is 26.2 Å². The van der Waals surface area contributed by atoms with E-state index < -0.39 is 5.60 Å². The number of carbonyl (C=O) groups is 1. The first kappa shape index (κ1) is 10.5. The predicted molar refractivity (Wildman–Crippen MR) is 56.4 cm³/mol. The van der Waals surface area contributed by atoms with E-state index in [1.165, 1.54) is 17.3 Å². The van der Waals surface area contributed by atoms with Crippen LogP contribution in [0.25, 0.3) is 0 Å². The van der Waals surface area contributed by atoms with Gasteiger partial charge in [0.2, 0.25) is 0 Å². The van der Waals surface area contributed by atoms with Gasteiger partial charge in [0.25, 0.3) is 0 Å². The smallest absolute Gasteiger partial charge is 0.164 e. The van der Waals surface area contributed by atoms with E-state index in [-0.39, 0.29) is 6.54 Å². The number of aromatic nitrogens is 3. The summed E-state index contributed by atoms with van der Waals surface area (Å²) < 4.78 is 1.42. The van der Waals surface area contributed by atoms with Gasteiger partial charge < -0.3 is 5.11 Å². The molecule has 1 heterocycles. The quantitative estimate of drug-likeness (QED) is 0.751. The van der Waals surface area contributed by atoms with E-state index in [1.54, 1.807) is 24.3 Å². The summed E-state index contributed by atoms with van der Waals surface area (Å²) in [6, 6.07) is 8.76. The molecule has 1 aromatic carbocycles. The summed E-state index contributed by atoms with van der Waals surface area (Å²) in [4.78, 5) is 14.8. The van der Waals surface area contributed by atoms with E-state index in [4.69, 9.17) is 0 Å². The van der Waals surface area contributed by atoms with E-state index in [1.807, 2.05) is 6.07 Å². The van der Waals surface area contributed by atoms with E-state index in [0.29, 0.717) is 11.8 Å². The largest absolute Gasteiger partial charge is 0.376 e. The molecule has 5 nitrogen and oxygen atoms in total. The van der Waals surface area contributed by atoms with Crippen LogP contribution < -0.4 is 0 Å². The summed E-state index contributed by atoms with van der Waals surface area (Å²) in [6.07, 6.45) is 3.33. The molecule has 0 saturated carbocycles. The zero-order valence-electron chi connectivity index (χ0n) is 8.52. The highest BCUT2D eigenvalue weighted by Gasteiger charge is 2.29. The Kier molecular flexibility index (Phi) is 2.78. The fourth-order valence-corrected chi connectivity index (χ4v) is 1.48. The molecule has 1 unspecified atom stereocenters. The lowest BCUT2D eigenvalue weighted by atomic mass is 9.95. The summed E-state index contributed by atoms with van der Waals surface area (Å²) in [5.41, 5.74) is -1.02. The number of aldehydes is 1. The lowest BCUT2D eigenvalue weighted by Crippen LogP contribution is -2.33. The van der Waals surface area contributed by atoms with E-state index in [0.717, 1.165) is 0 Å². The maximum absolute atomic E-state index is 11.0. The first-order valence-electron chi connectivity index (χ1n) is 4.81. The molecule has 5 heteroatoms. The van der Waals surface area contributed by atoms with Crippen LogP contribution in [0, 0.1) is 0 Å². The Hall–Kier alpha value is -2.01. The number of aliphatic hydroxyl groups is 1. The topological polar surface area (TPSA) is 68.0 Å². The van der Waals surface area contributed by atoms with Crippen LogP contribution in [0.4, 0.5) is 0 Å². The van der Waals surface area contributed by atoms with Crippen molar-refractivity contribution in [3.63, 3.8) is 0 Å². The fraction of sp³-hybridized carbons (Fsp3) is 0.182. The summed E-state index contributed by atoms with van der Waals surface area (Å²) in [6.45, 7) is 0.0561. The third kappa shape index (κ3) is 1.99. The fourth-order valence-electron chi connectivity index (χ4n) is 1.48. The first-order valence-corrected chi connectivity index (χ1v) is 4.81. The molecule has 82 valence electrons. The van der Waals surface area contributed by atoms with Crippen molar-refractivity contribution < 1.29 is 9.90 Å². The monoisotopic (exact) mass is 217 g/mol. The lowest BCUT2D eigenvalue weighted by molar-refractivity contribution is -0.126. The second kappa shape index (κ2) is 4.24. The van der Waals surface area contributed by atoms with Crippen molar-refractivity contribution in [2.24, 2.45) is 0 Å². The highest BCUT2D eigenvalue weighted by Crippen LogP contribution is 2.20. The van der Waals surface area contributed by atoms with Gasteiger partial charge >= 0.3 is 0 Å². The summed E-state index contributed by atoms with van der Waals surface area (Å²) in [5, 5.41) is 14.1. The molecule has 16 heavy (non-hydrogen) atoms. The van der Waals surface area contributed by atoms with Gasteiger partial charge in [0.1, 0.15) is 12.7 Å². The van der Waals surface area contributed by atoms with Crippen molar-refractivity contribution in [2.75, 3.05) is 0 Å². The highest BCUT2D eigenvalue weighted by atomic mass is 16.3. The molecule has 0 aliphatic heterocycles. The van der Waals surface area contributed by atoms with Crippen molar-refractivity contribution in [3.05, 3.63) is 48.5 Å². The summed E-state index contributed by atoms with van der Waals surface area (Å²) in [5.74, 6) is 0. The number of hydrogen-bond acceptors (Lipinski definition) is 4. The Morgan fingerprint density at radius 3 is 2.69 bits per heavy atom. The molecule has 0 spiro atoms. The average Bonchev–Trinajstić information content (AvgIpc) is 2.83. The van der Waals surface area contributed by atoms with Crippen LogP contribution in [0.3, 0.4) is 0 Å². The Balaban J connectivity index is 2.29. The first-order chi connectivity index (χ1) is 7.74. The van der Waals surface area contributed by atoms with Crippen molar-refractivity contribution >= 4 is 6.29 Å². The van der Waals surface area contributed by atoms with Gasteiger partial charge in [-0.3, -0.25) is 4.79 Å². The molecule has 1 N–H and O–H groups in total. The Morgan fingerprint density at radius 1 is 1.38 bits per heavy atom. The number of rotatable bonds is 4. The van der Waals surface area contributed by atoms with Crippen molar-refractivity contribution in [1.29, 1.82) is 0 Å². The van der Waals surface area contributed by atoms with Gasteiger partial charge in [-0.15, -0.1) is 0 Å². The molecular formula is C11H11N3O2. The van der Waals surface area contributed by atoms with E-state index in [2.05, 4.69) is 10.1 Å².